The third kappa shape index (κ3) is 4.06. The summed E-state index contributed by atoms with van der Waals surface area (Å²) in [6, 6.07) is 11.9. The minimum atomic E-state index is 0.0466. The van der Waals surface area contributed by atoms with Crippen molar-refractivity contribution in [3.8, 4) is 11.1 Å². The molecule has 0 radical (unpaired) electrons. The van der Waals surface area contributed by atoms with Gasteiger partial charge in [0.1, 0.15) is 0 Å². The number of rotatable bonds is 5. The van der Waals surface area contributed by atoms with E-state index >= 15 is 0 Å². The molecule has 150 valence electrons. The number of carbonyl (C=O) groups excluding carboxylic acids is 1. The predicted molar refractivity (Wildman–Crippen MR) is 111 cm³/mol. The second-order valence-electron chi connectivity index (χ2n) is 8.03. The zero-order valence-corrected chi connectivity index (χ0v) is 17.1. The number of amides is 1. The molecule has 0 N–H and O–H groups in total. The van der Waals surface area contributed by atoms with Crippen LogP contribution >= 0.6 is 0 Å². The van der Waals surface area contributed by atoms with E-state index in [-0.39, 0.29) is 23.8 Å². The summed E-state index contributed by atoms with van der Waals surface area (Å²) >= 11 is 0. The molecule has 1 aliphatic carbocycles. The third-order valence-corrected chi connectivity index (χ3v) is 5.72. The largest absolute Gasteiger partial charge is 0.425 e. The molecule has 1 fully saturated rings. The predicted octanol–water partition coefficient (Wildman–Crippen LogP) is 4.66. The number of benzene rings is 1. The minimum Gasteiger partial charge on any atom is -0.425 e. The van der Waals surface area contributed by atoms with Gasteiger partial charge in [-0.2, -0.15) is 0 Å². The van der Waals surface area contributed by atoms with Crippen LogP contribution in [0.4, 0.5) is 0 Å². The first-order chi connectivity index (χ1) is 14.0. The number of hydrogen-bond acceptors (Lipinski definition) is 5. The quantitative estimate of drug-likeness (QED) is 0.633. The molecule has 1 saturated carbocycles. The Hall–Kier alpha value is -3.02. The smallest absolute Gasteiger partial charge is 0.253 e. The maximum Gasteiger partial charge on any atom is 0.253 e. The summed E-state index contributed by atoms with van der Waals surface area (Å²) in [5, 5.41) is 8.38. The maximum atomic E-state index is 13.0. The molecule has 6 nitrogen and oxygen atoms in total. The molecule has 4 rings (SSSR count). The van der Waals surface area contributed by atoms with Crippen molar-refractivity contribution in [2.45, 2.75) is 51.0 Å². The number of aromatic nitrogens is 3. The standard InChI is InChI=1S/C23H26N4O2/c1-15(2)21-25-26-22(29-21)19-8-9-20(14-19)27(3)23(28)18-6-4-16(5-7-18)17-10-12-24-13-11-17/h4-7,10-13,15,19-20H,8-9,14H2,1-3H3. The summed E-state index contributed by atoms with van der Waals surface area (Å²) in [4.78, 5) is 18.9. The molecular weight excluding hydrogens is 364 g/mol. The first kappa shape index (κ1) is 19.3. The number of hydrogen-bond donors (Lipinski definition) is 0. The van der Waals surface area contributed by atoms with Gasteiger partial charge in [-0.15, -0.1) is 10.2 Å². The van der Waals surface area contributed by atoms with Crippen molar-refractivity contribution in [3.05, 3.63) is 66.1 Å². The lowest BCUT2D eigenvalue weighted by Crippen LogP contribution is -2.35. The molecule has 0 aliphatic heterocycles. The molecule has 29 heavy (non-hydrogen) atoms. The van der Waals surface area contributed by atoms with Gasteiger partial charge in [0.25, 0.3) is 5.91 Å². The van der Waals surface area contributed by atoms with E-state index in [9.17, 15) is 4.79 Å². The van der Waals surface area contributed by atoms with E-state index in [1.54, 1.807) is 12.4 Å². The minimum absolute atomic E-state index is 0.0466. The topological polar surface area (TPSA) is 72.1 Å². The Bertz CT molecular complexity index is 966. The van der Waals surface area contributed by atoms with Crippen LogP contribution in [0.15, 0.2) is 53.2 Å². The first-order valence-electron chi connectivity index (χ1n) is 10.1. The van der Waals surface area contributed by atoms with Crippen molar-refractivity contribution in [1.29, 1.82) is 0 Å². The molecule has 1 aliphatic rings. The van der Waals surface area contributed by atoms with Gasteiger partial charge in [-0.3, -0.25) is 9.78 Å². The van der Waals surface area contributed by atoms with E-state index in [1.807, 2.05) is 62.2 Å². The summed E-state index contributed by atoms with van der Waals surface area (Å²) in [7, 11) is 1.89. The molecule has 0 bridgehead atoms. The van der Waals surface area contributed by atoms with Crippen LogP contribution in [-0.4, -0.2) is 39.1 Å². The maximum absolute atomic E-state index is 13.0. The van der Waals surface area contributed by atoms with Gasteiger partial charge in [0.2, 0.25) is 11.8 Å². The zero-order valence-electron chi connectivity index (χ0n) is 17.1. The van der Waals surface area contributed by atoms with Crippen LogP contribution in [0.1, 0.15) is 67.1 Å². The first-order valence-corrected chi connectivity index (χ1v) is 10.1. The van der Waals surface area contributed by atoms with Crippen molar-refractivity contribution in [2.24, 2.45) is 0 Å². The zero-order chi connectivity index (χ0) is 20.4. The summed E-state index contributed by atoms with van der Waals surface area (Å²) < 4.78 is 5.83. The van der Waals surface area contributed by atoms with E-state index in [2.05, 4.69) is 15.2 Å². The number of nitrogens with zero attached hydrogens (tertiary/aromatic N) is 4. The Morgan fingerprint density at radius 3 is 2.38 bits per heavy atom. The lowest BCUT2D eigenvalue weighted by atomic mass is 10.0. The lowest BCUT2D eigenvalue weighted by Gasteiger charge is -2.24. The van der Waals surface area contributed by atoms with Gasteiger partial charge in [-0.25, -0.2) is 0 Å². The molecule has 1 amide bonds. The van der Waals surface area contributed by atoms with Crippen molar-refractivity contribution in [1.82, 2.24) is 20.1 Å². The highest BCUT2D eigenvalue weighted by Crippen LogP contribution is 2.36. The van der Waals surface area contributed by atoms with Gasteiger partial charge in [0.05, 0.1) is 0 Å². The van der Waals surface area contributed by atoms with Gasteiger partial charge in [0.15, 0.2) is 0 Å². The van der Waals surface area contributed by atoms with Crippen LogP contribution in [0.3, 0.4) is 0 Å². The van der Waals surface area contributed by atoms with Crippen molar-refractivity contribution in [2.75, 3.05) is 7.05 Å². The Morgan fingerprint density at radius 1 is 1.03 bits per heavy atom. The highest BCUT2D eigenvalue weighted by atomic mass is 16.4. The van der Waals surface area contributed by atoms with Crippen molar-refractivity contribution < 1.29 is 9.21 Å². The average molecular weight is 390 g/mol. The third-order valence-electron chi connectivity index (χ3n) is 5.72. The van der Waals surface area contributed by atoms with E-state index in [1.165, 1.54) is 0 Å². The van der Waals surface area contributed by atoms with Gasteiger partial charge in [0, 0.05) is 42.9 Å². The molecule has 1 aromatic carbocycles. The molecule has 2 unspecified atom stereocenters. The second-order valence-corrected chi connectivity index (χ2v) is 8.03. The summed E-state index contributed by atoms with van der Waals surface area (Å²) in [6.07, 6.45) is 6.31. The Morgan fingerprint density at radius 2 is 1.72 bits per heavy atom. The monoisotopic (exact) mass is 390 g/mol. The number of pyridine rings is 1. The molecule has 0 spiro atoms. The van der Waals surface area contributed by atoms with E-state index in [4.69, 9.17) is 4.42 Å². The highest BCUT2D eigenvalue weighted by molar-refractivity contribution is 5.94. The normalized spacial score (nSPS) is 18.9. The van der Waals surface area contributed by atoms with Crippen LogP contribution < -0.4 is 0 Å². The fourth-order valence-electron chi connectivity index (χ4n) is 3.90. The van der Waals surface area contributed by atoms with Gasteiger partial charge >= 0.3 is 0 Å². The second kappa shape index (κ2) is 8.15. The van der Waals surface area contributed by atoms with E-state index in [0.29, 0.717) is 17.3 Å². The highest BCUT2D eigenvalue weighted by Gasteiger charge is 2.34. The van der Waals surface area contributed by atoms with E-state index in [0.717, 1.165) is 30.4 Å². The van der Waals surface area contributed by atoms with E-state index < -0.39 is 0 Å². The Kier molecular flexibility index (Phi) is 5.43. The summed E-state index contributed by atoms with van der Waals surface area (Å²) in [5.74, 6) is 1.89. The molecule has 2 atom stereocenters. The van der Waals surface area contributed by atoms with Gasteiger partial charge < -0.3 is 9.32 Å². The molecule has 0 saturated heterocycles. The summed E-state index contributed by atoms with van der Waals surface area (Å²) in [6.45, 7) is 4.09. The average Bonchev–Trinajstić information content (AvgIpc) is 3.43. The van der Waals surface area contributed by atoms with Crippen LogP contribution in [0.25, 0.3) is 11.1 Å². The summed E-state index contributed by atoms with van der Waals surface area (Å²) in [5.41, 5.74) is 2.87. The van der Waals surface area contributed by atoms with Gasteiger partial charge in [-0.05, 0) is 54.7 Å². The van der Waals surface area contributed by atoms with Crippen molar-refractivity contribution in [3.63, 3.8) is 0 Å². The molecule has 6 heteroatoms. The molecule has 3 aromatic rings. The van der Waals surface area contributed by atoms with Crippen LogP contribution in [0, 0.1) is 0 Å². The Balaban J connectivity index is 1.41. The fourth-order valence-corrected chi connectivity index (χ4v) is 3.90. The van der Waals surface area contributed by atoms with Crippen LogP contribution in [0.5, 0.6) is 0 Å². The van der Waals surface area contributed by atoms with Gasteiger partial charge in [-0.1, -0.05) is 26.0 Å². The van der Waals surface area contributed by atoms with Crippen LogP contribution in [0.2, 0.25) is 0 Å². The molecule has 2 heterocycles. The number of carbonyl (C=O) groups is 1. The Labute approximate surface area is 171 Å². The lowest BCUT2D eigenvalue weighted by molar-refractivity contribution is 0.0733. The van der Waals surface area contributed by atoms with Crippen molar-refractivity contribution >= 4 is 5.91 Å². The fraction of sp³-hybridized carbons (Fsp3) is 0.391. The van der Waals surface area contributed by atoms with Crippen LogP contribution in [-0.2, 0) is 0 Å². The molecule has 2 aromatic heterocycles. The molecular formula is C23H26N4O2. The SMILES string of the molecule is CC(C)c1nnc(C2CCC(N(C)C(=O)c3ccc(-c4ccncc4)cc3)C2)o1.